The van der Waals surface area contributed by atoms with E-state index in [1.807, 2.05) is 0 Å². The number of nitro benzene ring substituents is 2. The molecule has 0 aliphatic rings. The zero-order valence-electron chi connectivity index (χ0n) is 7.78. The average Bonchev–Trinajstić information content (AvgIpc) is 2.14. The molecule has 0 aliphatic heterocycles. The Morgan fingerprint density at radius 1 is 1.12 bits per heavy atom. The van der Waals surface area contributed by atoms with Crippen LogP contribution in [0.5, 0.6) is 5.75 Å². The van der Waals surface area contributed by atoms with Gasteiger partial charge >= 0.3 is 17.4 Å². The van der Waals surface area contributed by atoms with Crippen LogP contribution in [0.15, 0.2) is 18.2 Å². The number of rotatable bonds is 4. The molecule has 0 saturated carbocycles. The second kappa shape index (κ2) is 4.87. The highest BCUT2D eigenvalue weighted by Crippen LogP contribution is 2.57. The van der Waals surface area contributed by atoms with E-state index in [9.17, 15) is 24.8 Å². The third-order valence-electron chi connectivity index (χ3n) is 1.55. The number of benzene rings is 1. The molecule has 0 spiro atoms. The van der Waals surface area contributed by atoms with Gasteiger partial charge in [0.05, 0.1) is 15.9 Å². The number of nitro groups is 2. The molecule has 0 atom stereocenters. The standard InChI is InChI=1S/C6H3Cl2N2O6P/c7-17(8,15)16-4-1-2-5(9(11)12)6(3-4)10(13)14/h1-3H. The predicted octanol–water partition coefficient (Wildman–Crippen LogP) is 3.47. The molecule has 0 unspecified atom stereocenters. The smallest absolute Gasteiger partial charge is 0.422 e. The lowest BCUT2D eigenvalue weighted by atomic mass is 10.2. The Morgan fingerprint density at radius 3 is 2.06 bits per heavy atom. The quantitative estimate of drug-likeness (QED) is 0.478. The molecule has 1 aromatic carbocycles. The Kier molecular flexibility index (Phi) is 3.92. The van der Waals surface area contributed by atoms with Gasteiger partial charge in [-0.25, -0.2) is 4.57 Å². The van der Waals surface area contributed by atoms with Gasteiger partial charge < -0.3 is 4.52 Å². The summed E-state index contributed by atoms with van der Waals surface area (Å²) in [5.74, 6) is -0.296. The number of nitrogens with zero attached hydrogens (tertiary/aromatic N) is 2. The van der Waals surface area contributed by atoms with Crippen molar-refractivity contribution in [1.82, 2.24) is 0 Å². The normalized spacial score (nSPS) is 10.9. The Labute approximate surface area is 103 Å². The van der Waals surface area contributed by atoms with E-state index >= 15 is 0 Å². The molecule has 17 heavy (non-hydrogen) atoms. The van der Waals surface area contributed by atoms with Crippen LogP contribution in [0.4, 0.5) is 11.4 Å². The molecule has 1 aromatic rings. The van der Waals surface area contributed by atoms with Crippen molar-refractivity contribution in [3.05, 3.63) is 38.4 Å². The summed E-state index contributed by atoms with van der Waals surface area (Å²) in [5, 5.41) is 21.0. The van der Waals surface area contributed by atoms with Crippen molar-refractivity contribution in [2.24, 2.45) is 0 Å². The highest BCUT2D eigenvalue weighted by Gasteiger charge is 2.26. The first kappa shape index (κ1) is 13.7. The molecule has 11 heteroatoms. The Balaban J connectivity index is 3.24. The summed E-state index contributed by atoms with van der Waals surface area (Å²) in [4.78, 5) is 19.1. The van der Waals surface area contributed by atoms with E-state index < -0.39 is 27.3 Å². The topological polar surface area (TPSA) is 113 Å². The highest BCUT2D eigenvalue weighted by molar-refractivity contribution is 8.05. The van der Waals surface area contributed by atoms with E-state index in [1.165, 1.54) is 0 Å². The SMILES string of the molecule is O=[N+]([O-])c1ccc(OP(=O)(Cl)Cl)cc1[N+](=O)[O-]. The van der Waals surface area contributed by atoms with Crippen LogP contribution < -0.4 is 4.52 Å². The van der Waals surface area contributed by atoms with Crippen molar-refractivity contribution < 1.29 is 18.9 Å². The fourth-order valence-electron chi connectivity index (χ4n) is 0.983. The summed E-state index contributed by atoms with van der Waals surface area (Å²) in [6, 6.07) is 2.55. The van der Waals surface area contributed by atoms with Gasteiger partial charge in [-0.05, 0) is 6.07 Å². The molecule has 0 bridgehead atoms. The highest BCUT2D eigenvalue weighted by atomic mass is 35.9. The van der Waals surface area contributed by atoms with E-state index in [0.717, 1.165) is 18.2 Å². The van der Waals surface area contributed by atoms with Gasteiger partial charge in [0.25, 0.3) is 0 Å². The summed E-state index contributed by atoms with van der Waals surface area (Å²) < 4.78 is 15.4. The molecule has 0 heterocycles. The maximum absolute atomic E-state index is 10.9. The lowest BCUT2D eigenvalue weighted by Gasteiger charge is -2.05. The molecule has 0 N–H and O–H groups in total. The van der Waals surface area contributed by atoms with Gasteiger partial charge in [0.2, 0.25) is 0 Å². The van der Waals surface area contributed by atoms with E-state index in [1.54, 1.807) is 0 Å². The molecule has 0 aliphatic carbocycles. The lowest BCUT2D eigenvalue weighted by Crippen LogP contribution is -1.96. The fourth-order valence-corrected chi connectivity index (χ4v) is 1.82. The molecule has 8 nitrogen and oxygen atoms in total. The van der Waals surface area contributed by atoms with Crippen molar-refractivity contribution >= 4 is 39.9 Å². The molecule has 92 valence electrons. The van der Waals surface area contributed by atoms with Crippen LogP contribution in [0.1, 0.15) is 0 Å². The van der Waals surface area contributed by atoms with Gasteiger partial charge in [-0.3, -0.25) is 20.2 Å². The molecule has 0 aromatic heterocycles. The molecule has 1 rings (SSSR count). The second-order valence-corrected chi connectivity index (χ2v) is 6.87. The largest absolute Gasteiger partial charge is 0.428 e. The molecule has 0 amide bonds. The summed E-state index contributed by atoms with van der Waals surface area (Å²) in [6.07, 6.45) is -3.92. The van der Waals surface area contributed by atoms with E-state index in [4.69, 9.17) is 22.5 Å². The first-order valence-corrected chi connectivity index (χ1v) is 7.26. The minimum atomic E-state index is -3.92. The minimum Gasteiger partial charge on any atom is -0.422 e. The van der Waals surface area contributed by atoms with Crippen LogP contribution in [-0.2, 0) is 4.57 Å². The maximum atomic E-state index is 10.9. The van der Waals surface area contributed by atoms with E-state index in [0.29, 0.717) is 0 Å². The lowest BCUT2D eigenvalue weighted by molar-refractivity contribution is -0.422. The summed E-state index contributed by atoms with van der Waals surface area (Å²) in [5.41, 5.74) is -1.53. The zero-order valence-corrected chi connectivity index (χ0v) is 10.2. The first-order valence-electron chi connectivity index (χ1n) is 3.82. The first-order chi connectivity index (χ1) is 7.70. The van der Waals surface area contributed by atoms with Crippen LogP contribution in [0.2, 0.25) is 0 Å². The Bertz CT molecular complexity index is 529. The van der Waals surface area contributed by atoms with Crippen molar-refractivity contribution in [3.63, 3.8) is 0 Å². The van der Waals surface area contributed by atoms with Crippen LogP contribution in [0.25, 0.3) is 0 Å². The molecule has 0 saturated heterocycles. The second-order valence-electron chi connectivity index (χ2n) is 2.67. The van der Waals surface area contributed by atoms with Crippen molar-refractivity contribution in [3.8, 4) is 5.75 Å². The maximum Gasteiger partial charge on any atom is 0.428 e. The van der Waals surface area contributed by atoms with Crippen LogP contribution in [-0.4, -0.2) is 9.85 Å². The van der Waals surface area contributed by atoms with E-state index in [-0.39, 0.29) is 5.75 Å². The Hall–Kier alpha value is -1.37. The van der Waals surface area contributed by atoms with Gasteiger partial charge in [-0.2, -0.15) is 0 Å². The monoisotopic (exact) mass is 300 g/mol. The summed E-state index contributed by atoms with van der Waals surface area (Å²) >= 11 is 10.2. The average molecular weight is 301 g/mol. The zero-order chi connectivity index (χ0) is 13.2. The van der Waals surface area contributed by atoms with Crippen LogP contribution in [0.3, 0.4) is 0 Å². The molecular weight excluding hydrogens is 298 g/mol. The molecule has 0 fully saturated rings. The number of halogens is 2. The minimum absolute atomic E-state index is 0.296. The summed E-state index contributed by atoms with van der Waals surface area (Å²) in [7, 11) is 0. The molecule has 0 radical (unpaired) electrons. The number of hydrogen-bond acceptors (Lipinski definition) is 6. The van der Waals surface area contributed by atoms with Crippen LogP contribution in [0, 0.1) is 20.2 Å². The predicted molar refractivity (Wildman–Crippen MR) is 59.7 cm³/mol. The summed E-state index contributed by atoms with van der Waals surface area (Å²) in [6.45, 7) is 0. The van der Waals surface area contributed by atoms with Crippen molar-refractivity contribution in [2.75, 3.05) is 0 Å². The third-order valence-corrected chi connectivity index (χ3v) is 2.39. The van der Waals surface area contributed by atoms with Crippen LogP contribution >= 0.6 is 28.6 Å². The van der Waals surface area contributed by atoms with Crippen molar-refractivity contribution in [2.45, 2.75) is 0 Å². The van der Waals surface area contributed by atoms with Gasteiger partial charge in [-0.1, -0.05) is 0 Å². The fraction of sp³-hybridized carbons (Fsp3) is 0. The number of hydrogen-bond donors (Lipinski definition) is 0. The van der Waals surface area contributed by atoms with E-state index in [2.05, 4.69) is 4.52 Å². The van der Waals surface area contributed by atoms with Gasteiger partial charge in [-0.15, -0.1) is 0 Å². The van der Waals surface area contributed by atoms with Gasteiger partial charge in [0.15, 0.2) is 0 Å². The van der Waals surface area contributed by atoms with Crippen molar-refractivity contribution in [1.29, 1.82) is 0 Å². The Morgan fingerprint density at radius 2 is 1.65 bits per heavy atom. The molecular formula is C6H3Cl2N2O6P. The van der Waals surface area contributed by atoms with Gasteiger partial charge in [0, 0.05) is 28.5 Å². The van der Waals surface area contributed by atoms with Gasteiger partial charge in [0.1, 0.15) is 5.75 Å². The third kappa shape index (κ3) is 3.85.